The van der Waals surface area contributed by atoms with E-state index < -0.39 is 67.5 Å². The minimum atomic E-state index is -2.38. The van der Waals surface area contributed by atoms with Gasteiger partial charge in [0.25, 0.3) is 28.6 Å². The van der Waals surface area contributed by atoms with Gasteiger partial charge in [-0.15, -0.1) is 0 Å². The lowest BCUT2D eigenvalue weighted by atomic mass is 9.94. The molecule has 0 aliphatic heterocycles. The van der Waals surface area contributed by atoms with E-state index in [4.69, 9.17) is 11.6 Å². The number of amides is 1. The third-order valence-corrected chi connectivity index (χ3v) is 4.96. The van der Waals surface area contributed by atoms with Gasteiger partial charge in [0.1, 0.15) is 17.3 Å². The second-order valence-corrected chi connectivity index (χ2v) is 7.37. The lowest BCUT2D eigenvalue weighted by Crippen LogP contribution is -2.39. The number of nitrogens with one attached hydrogen (secondary N) is 2. The molecular formula is C20H12ClN5O10. The molecular weight excluding hydrogens is 506 g/mol. The highest BCUT2D eigenvalue weighted by molar-refractivity contribution is 6.52. The zero-order chi connectivity index (χ0) is 26.7. The van der Waals surface area contributed by atoms with Crippen LogP contribution >= 0.6 is 11.6 Å². The van der Waals surface area contributed by atoms with Gasteiger partial charge in [0.15, 0.2) is 0 Å². The second-order valence-electron chi connectivity index (χ2n) is 6.94. The molecule has 36 heavy (non-hydrogen) atoms. The molecule has 3 rings (SSSR count). The molecule has 0 radical (unpaired) electrons. The van der Waals surface area contributed by atoms with Crippen molar-refractivity contribution in [2.75, 3.05) is 12.4 Å². The Hall–Kier alpha value is -5.05. The number of halogens is 1. The Balaban J connectivity index is 2.07. The molecule has 1 unspecified atom stereocenters. The van der Waals surface area contributed by atoms with Crippen molar-refractivity contribution >= 4 is 63.1 Å². The molecule has 184 valence electrons. The van der Waals surface area contributed by atoms with Crippen LogP contribution in [-0.2, 0) is 23.9 Å². The fourth-order valence-corrected chi connectivity index (χ4v) is 3.23. The van der Waals surface area contributed by atoms with Crippen LogP contribution in [0.4, 0.5) is 17.1 Å². The van der Waals surface area contributed by atoms with Crippen LogP contribution in [0.1, 0.15) is 11.6 Å². The van der Waals surface area contributed by atoms with Crippen molar-refractivity contribution in [3.05, 3.63) is 77.7 Å². The summed E-state index contributed by atoms with van der Waals surface area (Å²) in [4.78, 5) is 89.3. The van der Waals surface area contributed by atoms with Crippen LogP contribution in [-0.4, -0.2) is 50.4 Å². The molecule has 1 heterocycles. The molecule has 1 amide bonds. The number of nitrogens with zero attached hydrogens (tertiary/aromatic N) is 3. The summed E-state index contributed by atoms with van der Waals surface area (Å²) in [5.74, 6) is -8.88. The number of anilines is 1. The first-order chi connectivity index (χ1) is 16.9. The van der Waals surface area contributed by atoms with E-state index in [0.717, 1.165) is 19.2 Å². The molecule has 16 heteroatoms. The van der Waals surface area contributed by atoms with E-state index >= 15 is 0 Å². The summed E-state index contributed by atoms with van der Waals surface area (Å²) in [7, 11) is 0.822. The summed E-state index contributed by atoms with van der Waals surface area (Å²) in [5, 5.41) is 24.3. The van der Waals surface area contributed by atoms with Crippen LogP contribution in [0.25, 0.3) is 11.0 Å². The number of esters is 1. The van der Waals surface area contributed by atoms with E-state index in [-0.39, 0.29) is 16.1 Å². The number of rotatable bonds is 8. The average molecular weight is 518 g/mol. The molecule has 0 bridgehead atoms. The van der Waals surface area contributed by atoms with Crippen molar-refractivity contribution in [3.8, 4) is 0 Å². The lowest BCUT2D eigenvalue weighted by Gasteiger charge is -2.13. The number of aromatic nitrogens is 2. The number of ether oxygens (including phenoxy) is 1. The maximum absolute atomic E-state index is 13.0. The summed E-state index contributed by atoms with van der Waals surface area (Å²) in [6.45, 7) is 0. The van der Waals surface area contributed by atoms with Gasteiger partial charge in [-0.2, -0.15) is 0 Å². The smallest absolute Gasteiger partial charge is 0.375 e. The molecule has 2 aromatic carbocycles. The summed E-state index contributed by atoms with van der Waals surface area (Å²) < 4.78 is 4.31. The van der Waals surface area contributed by atoms with Gasteiger partial charge in [-0.1, -0.05) is 11.6 Å². The third kappa shape index (κ3) is 5.05. The second kappa shape index (κ2) is 10.1. The van der Waals surface area contributed by atoms with Gasteiger partial charge in [-0.3, -0.25) is 39.4 Å². The number of benzene rings is 2. The minimum Gasteiger partial charge on any atom is -0.463 e. The summed E-state index contributed by atoms with van der Waals surface area (Å²) in [5.41, 5.74) is -3.97. The first kappa shape index (κ1) is 25.6. The first-order valence-electron chi connectivity index (χ1n) is 9.54. The van der Waals surface area contributed by atoms with E-state index in [0.29, 0.717) is 6.07 Å². The van der Waals surface area contributed by atoms with Crippen LogP contribution < -0.4 is 10.9 Å². The number of aromatic amines is 1. The number of nitro groups is 2. The fraction of sp³-hybridized carbons (Fsp3) is 0.100. The maximum Gasteiger partial charge on any atom is 0.375 e. The van der Waals surface area contributed by atoms with E-state index in [2.05, 4.69) is 14.7 Å². The Morgan fingerprint density at radius 1 is 1.06 bits per heavy atom. The van der Waals surface area contributed by atoms with E-state index in [9.17, 15) is 44.2 Å². The van der Waals surface area contributed by atoms with Gasteiger partial charge in [-0.25, -0.2) is 9.78 Å². The van der Waals surface area contributed by atoms with Gasteiger partial charge in [-0.05, 0) is 24.3 Å². The Bertz CT molecular complexity index is 1530. The molecule has 2 N–H and O–H groups in total. The number of fused-ring (bicyclic) bond motifs is 1. The van der Waals surface area contributed by atoms with Crippen LogP contribution in [0.5, 0.6) is 0 Å². The SMILES string of the molecule is COC(=O)C(=O)C(C(=O)C(=O)Nc1ccc([N+](=O)[O-])cc1[N+](=O)[O-])c1nc2ccc(Cl)cc2[nH]c1=O. The normalized spacial score (nSPS) is 11.4. The number of hydrogen-bond donors (Lipinski definition) is 2. The number of hydrogen-bond acceptors (Lipinski definition) is 11. The van der Waals surface area contributed by atoms with Crippen molar-refractivity contribution in [2.24, 2.45) is 0 Å². The largest absolute Gasteiger partial charge is 0.463 e. The van der Waals surface area contributed by atoms with Gasteiger partial charge in [0, 0.05) is 11.1 Å². The standard InChI is InChI=1S/C20H12ClN5O10/c1-36-20(31)17(28)14(15-18(29)24-12-6-8(21)2-4-10(12)22-15)16(27)19(30)23-11-5-3-9(25(32)33)7-13(11)26(34)35/h2-7,14H,1H3,(H,23,30)(H,24,29). The molecule has 3 aromatic rings. The molecule has 0 saturated heterocycles. The Kier molecular flexibility index (Phi) is 7.15. The van der Waals surface area contributed by atoms with E-state index in [1.807, 2.05) is 5.32 Å². The Morgan fingerprint density at radius 3 is 2.36 bits per heavy atom. The number of carbonyl (C=O) groups excluding carboxylic acids is 4. The fourth-order valence-electron chi connectivity index (χ4n) is 3.06. The van der Waals surface area contributed by atoms with Crippen LogP contribution in [0.2, 0.25) is 5.02 Å². The minimum absolute atomic E-state index is 0.0517. The van der Waals surface area contributed by atoms with Gasteiger partial charge < -0.3 is 15.0 Å². The molecule has 1 aromatic heterocycles. The van der Waals surface area contributed by atoms with Crippen molar-refractivity contribution in [3.63, 3.8) is 0 Å². The summed E-state index contributed by atoms with van der Waals surface area (Å²) in [6.07, 6.45) is 0. The number of Topliss-reactive ketones (excluding diaryl/α,β-unsaturated/α-hetero) is 2. The molecule has 0 aliphatic carbocycles. The van der Waals surface area contributed by atoms with E-state index in [1.165, 1.54) is 18.2 Å². The zero-order valence-electron chi connectivity index (χ0n) is 17.8. The maximum atomic E-state index is 13.0. The predicted octanol–water partition coefficient (Wildman–Crippen LogP) is 1.43. The summed E-state index contributed by atoms with van der Waals surface area (Å²) in [6, 6.07) is 6.21. The van der Waals surface area contributed by atoms with Crippen LogP contribution in [0, 0.1) is 20.2 Å². The van der Waals surface area contributed by atoms with Gasteiger partial charge in [0.05, 0.1) is 34.1 Å². The van der Waals surface area contributed by atoms with Gasteiger partial charge in [0.2, 0.25) is 5.78 Å². The van der Waals surface area contributed by atoms with Gasteiger partial charge >= 0.3 is 5.97 Å². The Morgan fingerprint density at radius 2 is 1.75 bits per heavy atom. The monoisotopic (exact) mass is 517 g/mol. The molecule has 0 saturated carbocycles. The summed E-state index contributed by atoms with van der Waals surface area (Å²) >= 11 is 5.86. The number of methoxy groups -OCH3 is 1. The first-order valence-corrected chi connectivity index (χ1v) is 9.92. The number of carbonyl (C=O) groups is 4. The lowest BCUT2D eigenvalue weighted by molar-refractivity contribution is -0.393. The van der Waals surface area contributed by atoms with Crippen LogP contribution in [0.15, 0.2) is 41.2 Å². The highest BCUT2D eigenvalue weighted by Gasteiger charge is 2.41. The van der Waals surface area contributed by atoms with Crippen molar-refractivity contribution in [1.29, 1.82) is 0 Å². The number of ketones is 2. The molecule has 0 spiro atoms. The highest BCUT2D eigenvalue weighted by Crippen LogP contribution is 2.29. The molecule has 15 nitrogen and oxygen atoms in total. The number of non-ortho nitro benzene ring substituents is 1. The number of H-pyrrole nitrogens is 1. The van der Waals surface area contributed by atoms with Crippen molar-refractivity contribution in [2.45, 2.75) is 5.92 Å². The van der Waals surface area contributed by atoms with Crippen LogP contribution in [0.3, 0.4) is 0 Å². The molecule has 0 fully saturated rings. The zero-order valence-corrected chi connectivity index (χ0v) is 18.6. The van der Waals surface area contributed by atoms with Crippen molar-refractivity contribution in [1.82, 2.24) is 9.97 Å². The highest BCUT2D eigenvalue weighted by atomic mass is 35.5. The number of nitro benzene ring substituents is 2. The quantitative estimate of drug-likeness (QED) is 0.143. The Labute approximate surface area is 203 Å². The van der Waals surface area contributed by atoms with E-state index in [1.54, 1.807) is 0 Å². The molecule has 1 atom stereocenters. The van der Waals surface area contributed by atoms with Crippen molar-refractivity contribution < 1.29 is 33.8 Å². The predicted molar refractivity (Wildman–Crippen MR) is 121 cm³/mol. The topological polar surface area (TPSA) is 222 Å². The average Bonchev–Trinajstić information content (AvgIpc) is 2.83. The molecule has 0 aliphatic rings. The third-order valence-electron chi connectivity index (χ3n) is 4.73.